The van der Waals surface area contributed by atoms with E-state index in [1.807, 2.05) is 6.92 Å². The molecule has 0 saturated heterocycles. The Morgan fingerprint density at radius 1 is 1.09 bits per heavy atom. The summed E-state index contributed by atoms with van der Waals surface area (Å²) in [5, 5.41) is 26.7. The zero-order valence-corrected chi connectivity index (χ0v) is 19.2. The largest absolute Gasteiger partial charge is 0.352 e. The lowest BCUT2D eigenvalue weighted by Crippen LogP contribution is -2.50. The predicted octanol–water partition coefficient (Wildman–Crippen LogP) is 5.39. The number of nitrogens with one attached hydrogen (secondary N) is 1. The minimum absolute atomic E-state index is 0.0875. The van der Waals surface area contributed by atoms with E-state index in [-0.39, 0.29) is 29.9 Å². The SMILES string of the molecule is CCC(C(=O)NC1CCCCC1)N(Cc1ccc(Cl)cc1)c1ccc([N+](=O)[O-])cc1[N+](=O)[O-]. The van der Waals surface area contributed by atoms with Crippen molar-refractivity contribution < 1.29 is 14.6 Å². The number of amides is 1. The summed E-state index contributed by atoms with van der Waals surface area (Å²) >= 11 is 6.00. The molecular formula is C23H27ClN4O5. The van der Waals surface area contributed by atoms with E-state index in [4.69, 9.17) is 11.6 Å². The lowest BCUT2D eigenvalue weighted by atomic mass is 9.95. The van der Waals surface area contributed by atoms with Gasteiger partial charge in [-0.15, -0.1) is 0 Å². The standard InChI is InChI=1S/C23H27ClN4O5/c1-2-20(23(29)25-18-6-4-3-5-7-18)26(15-16-8-10-17(24)11-9-16)21-13-12-19(27(30)31)14-22(21)28(32)33/h8-14,18,20H,2-7,15H2,1H3,(H,25,29). The van der Waals surface area contributed by atoms with Gasteiger partial charge in [-0.2, -0.15) is 0 Å². The Balaban J connectivity index is 2.01. The van der Waals surface area contributed by atoms with Gasteiger partial charge in [0.1, 0.15) is 11.7 Å². The van der Waals surface area contributed by atoms with E-state index in [1.165, 1.54) is 12.1 Å². The van der Waals surface area contributed by atoms with Gasteiger partial charge < -0.3 is 10.2 Å². The summed E-state index contributed by atoms with van der Waals surface area (Å²) in [6.07, 6.45) is 5.50. The van der Waals surface area contributed by atoms with Crippen molar-refractivity contribution in [2.75, 3.05) is 4.90 Å². The summed E-state index contributed by atoms with van der Waals surface area (Å²) in [4.78, 5) is 36.7. The van der Waals surface area contributed by atoms with Crippen molar-refractivity contribution in [3.63, 3.8) is 0 Å². The van der Waals surface area contributed by atoms with E-state index in [1.54, 1.807) is 29.2 Å². The van der Waals surface area contributed by atoms with Crippen LogP contribution in [0, 0.1) is 20.2 Å². The molecule has 33 heavy (non-hydrogen) atoms. The highest BCUT2D eigenvalue weighted by atomic mass is 35.5. The average molecular weight is 475 g/mol. The number of halogens is 1. The first-order valence-corrected chi connectivity index (χ1v) is 11.4. The van der Waals surface area contributed by atoms with E-state index < -0.39 is 21.6 Å². The molecule has 3 rings (SSSR count). The highest BCUT2D eigenvalue weighted by molar-refractivity contribution is 6.30. The van der Waals surface area contributed by atoms with Crippen LogP contribution in [0.15, 0.2) is 42.5 Å². The molecule has 0 spiro atoms. The molecule has 2 aromatic carbocycles. The minimum atomic E-state index is -0.692. The zero-order valence-electron chi connectivity index (χ0n) is 18.4. The molecule has 0 heterocycles. The molecule has 0 aliphatic heterocycles. The quantitative estimate of drug-likeness (QED) is 0.384. The first kappa shape index (κ1) is 24.4. The number of nitro groups is 2. The Morgan fingerprint density at radius 2 is 1.76 bits per heavy atom. The van der Waals surface area contributed by atoms with Gasteiger partial charge in [0.05, 0.1) is 15.9 Å². The fourth-order valence-corrected chi connectivity index (χ4v) is 4.38. The highest BCUT2D eigenvalue weighted by Gasteiger charge is 2.32. The van der Waals surface area contributed by atoms with Crippen molar-refractivity contribution >= 4 is 34.6 Å². The fraction of sp³-hybridized carbons (Fsp3) is 0.435. The maximum Gasteiger partial charge on any atom is 0.299 e. The van der Waals surface area contributed by atoms with Crippen LogP contribution in [0.4, 0.5) is 17.1 Å². The van der Waals surface area contributed by atoms with Crippen LogP contribution in [-0.2, 0) is 11.3 Å². The monoisotopic (exact) mass is 474 g/mol. The van der Waals surface area contributed by atoms with E-state index in [0.29, 0.717) is 11.4 Å². The van der Waals surface area contributed by atoms with Crippen molar-refractivity contribution in [3.05, 3.63) is 73.3 Å². The molecule has 1 N–H and O–H groups in total. The van der Waals surface area contributed by atoms with E-state index in [2.05, 4.69) is 5.32 Å². The molecular weight excluding hydrogens is 448 g/mol. The summed E-state index contributed by atoms with van der Waals surface area (Å²) in [6.45, 7) is 2.05. The predicted molar refractivity (Wildman–Crippen MR) is 126 cm³/mol. The summed E-state index contributed by atoms with van der Waals surface area (Å²) < 4.78 is 0. The van der Waals surface area contributed by atoms with E-state index in [9.17, 15) is 25.0 Å². The number of anilines is 1. The Kier molecular flexibility index (Phi) is 8.21. The molecule has 1 unspecified atom stereocenters. The minimum Gasteiger partial charge on any atom is -0.352 e. The summed E-state index contributed by atoms with van der Waals surface area (Å²) in [5.41, 5.74) is 0.167. The molecule has 0 radical (unpaired) electrons. The molecule has 2 aromatic rings. The molecule has 10 heteroatoms. The second-order valence-corrected chi connectivity index (χ2v) is 8.65. The second kappa shape index (κ2) is 11.1. The average Bonchev–Trinajstić information content (AvgIpc) is 2.80. The molecule has 1 fully saturated rings. The lowest BCUT2D eigenvalue weighted by Gasteiger charge is -2.34. The molecule has 1 amide bonds. The summed E-state index contributed by atoms with van der Waals surface area (Å²) in [5.74, 6) is -0.203. The van der Waals surface area contributed by atoms with E-state index >= 15 is 0 Å². The molecule has 1 atom stereocenters. The third kappa shape index (κ3) is 6.19. The van der Waals surface area contributed by atoms with Crippen molar-refractivity contribution in [1.82, 2.24) is 5.32 Å². The van der Waals surface area contributed by atoms with Gasteiger partial charge in [0.15, 0.2) is 0 Å². The second-order valence-electron chi connectivity index (χ2n) is 8.21. The van der Waals surface area contributed by atoms with Crippen molar-refractivity contribution in [2.24, 2.45) is 0 Å². The lowest BCUT2D eigenvalue weighted by molar-refractivity contribution is -0.393. The number of carbonyl (C=O) groups excluding carboxylic acids is 1. The van der Waals surface area contributed by atoms with Gasteiger partial charge in [-0.25, -0.2) is 0 Å². The zero-order chi connectivity index (χ0) is 24.0. The maximum absolute atomic E-state index is 13.3. The topological polar surface area (TPSA) is 119 Å². The van der Waals surface area contributed by atoms with E-state index in [0.717, 1.165) is 43.7 Å². The molecule has 1 saturated carbocycles. The van der Waals surface area contributed by atoms with Gasteiger partial charge in [-0.05, 0) is 43.0 Å². The third-order valence-electron chi connectivity index (χ3n) is 5.96. The Morgan fingerprint density at radius 3 is 2.33 bits per heavy atom. The van der Waals surface area contributed by atoms with Gasteiger partial charge in [-0.3, -0.25) is 25.0 Å². The number of non-ortho nitro benzene ring substituents is 1. The summed E-state index contributed by atoms with van der Waals surface area (Å²) in [7, 11) is 0. The van der Waals surface area contributed by atoms with Crippen LogP contribution in [-0.4, -0.2) is 27.8 Å². The summed E-state index contributed by atoms with van der Waals surface area (Å²) in [6, 6.07) is 9.91. The number of carbonyl (C=O) groups is 1. The Bertz CT molecular complexity index is 1010. The van der Waals surface area contributed by atoms with Crippen LogP contribution in [0.5, 0.6) is 0 Å². The van der Waals surface area contributed by atoms with Crippen LogP contribution in [0.2, 0.25) is 5.02 Å². The van der Waals surface area contributed by atoms with Gasteiger partial charge in [0.25, 0.3) is 11.4 Å². The number of rotatable bonds is 9. The number of benzene rings is 2. The normalized spacial score (nSPS) is 15.0. The van der Waals surface area contributed by atoms with Crippen LogP contribution >= 0.6 is 11.6 Å². The molecule has 0 bridgehead atoms. The molecule has 176 valence electrons. The van der Waals surface area contributed by atoms with Crippen LogP contribution < -0.4 is 10.2 Å². The molecule has 9 nitrogen and oxygen atoms in total. The van der Waals surface area contributed by atoms with Crippen LogP contribution in [0.3, 0.4) is 0 Å². The third-order valence-corrected chi connectivity index (χ3v) is 6.21. The number of hydrogen-bond acceptors (Lipinski definition) is 6. The first-order chi connectivity index (χ1) is 15.8. The Hall–Kier alpha value is -3.20. The van der Waals surface area contributed by atoms with Crippen LogP contribution in [0.25, 0.3) is 0 Å². The van der Waals surface area contributed by atoms with Crippen molar-refractivity contribution in [3.8, 4) is 0 Å². The molecule has 1 aliphatic rings. The van der Waals surface area contributed by atoms with Crippen molar-refractivity contribution in [2.45, 2.75) is 64.1 Å². The van der Waals surface area contributed by atoms with Gasteiger partial charge in [0.2, 0.25) is 5.91 Å². The number of nitrogens with zero attached hydrogens (tertiary/aromatic N) is 3. The Labute approximate surface area is 197 Å². The first-order valence-electron chi connectivity index (χ1n) is 11.0. The highest BCUT2D eigenvalue weighted by Crippen LogP contribution is 2.35. The van der Waals surface area contributed by atoms with Crippen LogP contribution in [0.1, 0.15) is 51.0 Å². The maximum atomic E-state index is 13.3. The number of hydrogen-bond donors (Lipinski definition) is 1. The molecule has 0 aromatic heterocycles. The van der Waals surface area contributed by atoms with Crippen molar-refractivity contribution in [1.29, 1.82) is 0 Å². The van der Waals surface area contributed by atoms with Gasteiger partial charge >= 0.3 is 0 Å². The smallest absolute Gasteiger partial charge is 0.299 e. The molecule has 1 aliphatic carbocycles. The number of nitro benzene ring substituents is 2. The van der Waals surface area contributed by atoms with Gasteiger partial charge in [0, 0.05) is 23.7 Å². The fourth-order valence-electron chi connectivity index (χ4n) is 4.26. The van der Waals surface area contributed by atoms with Gasteiger partial charge in [-0.1, -0.05) is 49.9 Å².